The van der Waals surface area contributed by atoms with Crippen LogP contribution in [-0.4, -0.2) is 8.80 Å². The van der Waals surface area contributed by atoms with Crippen molar-refractivity contribution in [1.29, 1.82) is 0 Å². The molecule has 0 bridgehead atoms. The minimum Gasteiger partial charge on any atom is -1.00 e. The topological polar surface area (TPSA) is 0 Å². The standard InChI is InChI=1S/C30H28Si.2ClH.Zr/c1-2-9-22(10-3-1)21-31-29(30(31)28-20-19-25-12-5-7-15-27(25)28)16-8-13-24-18-17-23-11-4-6-14-26(23)24;;;/h1-7,9-12,14-20,24,28-30H,8,13,21H2;2*1H;/q-1;;;+3/p-2. The second-order valence-corrected chi connectivity index (χ2v) is 12.0. The molecule has 34 heavy (non-hydrogen) atoms. The molecule has 0 amide bonds. The first-order chi connectivity index (χ1) is 15.4. The maximum Gasteiger partial charge on any atom is 3.00 e. The van der Waals surface area contributed by atoms with Crippen molar-refractivity contribution in [2.75, 3.05) is 0 Å². The minimum absolute atomic E-state index is 0. The Kier molecular flexibility index (Phi) is 9.82. The van der Waals surface area contributed by atoms with Gasteiger partial charge in [-0.1, -0.05) is 121 Å². The molecule has 170 valence electrons. The fourth-order valence-electron chi connectivity index (χ4n) is 5.80. The summed E-state index contributed by atoms with van der Waals surface area (Å²) in [5, 5.41) is 0. The van der Waals surface area contributed by atoms with Crippen molar-refractivity contribution in [3.8, 4) is 0 Å². The van der Waals surface area contributed by atoms with E-state index in [-0.39, 0.29) is 51.0 Å². The molecule has 0 spiro atoms. The van der Waals surface area contributed by atoms with Crippen LogP contribution < -0.4 is 24.8 Å². The second kappa shape index (κ2) is 12.2. The largest absolute Gasteiger partial charge is 3.00 e. The zero-order valence-electron chi connectivity index (χ0n) is 19.1. The Hall–Kier alpha value is -1.18. The molecule has 0 aromatic heterocycles. The first kappa shape index (κ1) is 27.4. The third-order valence-corrected chi connectivity index (χ3v) is 10.9. The molecule has 4 unspecified atom stereocenters. The van der Waals surface area contributed by atoms with Crippen molar-refractivity contribution in [1.82, 2.24) is 0 Å². The van der Waals surface area contributed by atoms with E-state index in [0.717, 1.165) is 11.1 Å². The molecular formula is C30H28Cl2SiZr. The minimum atomic E-state index is -0.418. The van der Waals surface area contributed by atoms with E-state index in [1.165, 1.54) is 41.1 Å². The molecule has 1 saturated heterocycles. The van der Waals surface area contributed by atoms with Gasteiger partial charge in [-0.25, -0.2) is 0 Å². The Balaban J connectivity index is 0.00000108. The van der Waals surface area contributed by atoms with Crippen LogP contribution >= 0.6 is 0 Å². The maximum absolute atomic E-state index is 2.71. The van der Waals surface area contributed by atoms with Gasteiger partial charge in [-0.2, -0.15) is 12.0 Å². The van der Waals surface area contributed by atoms with Gasteiger partial charge in [-0.05, 0) is 28.3 Å². The Morgan fingerprint density at radius 2 is 1.32 bits per heavy atom. The fourth-order valence-corrected chi connectivity index (χ4v) is 9.62. The fraction of sp³-hybridized carbons (Fsp3) is 0.233. The molecule has 4 heteroatoms. The van der Waals surface area contributed by atoms with Gasteiger partial charge >= 0.3 is 26.2 Å². The summed E-state index contributed by atoms with van der Waals surface area (Å²) in [7, 11) is -0.418. The average molecular weight is 579 g/mol. The molecule has 0 N–H and O–H groups in total. The van der Waals surface area contributed by atoms with Crippen LogP contribution in [0.2, 0.25) is 11.1 Å². The second-order valence-electron chi connectivity index (χ2n) is 9.21. The molecule has 1 fully saturated rings. The monoisotopic (exact) mass is 576 g/mol. The Morgan fingerprint density at radius 3 is 2.09 bits per heavy atom. The van der Waals surface area contributed by atoms with Gasteiger partial charge in [0.2, 0.25) is 0 Å². The van der Waals surface area contributed by atoms with Crippen molar-refractivity contribution in [2.45, 2.75) is 41.8 Å². The average Bonchev–Trinajstić information content (AvgIpc) is 3.15. The summed E-state index contributed by atoms with van der Waals surface area (Å²) in [6.07, 6.45) is 14.8. The Morgan fingerprint density at radius 1 is 0.706 bits per heavy atom. The van der Waals surface area contributed by atoms with Gasteiger partial charge in [-0.15, -0.1) is 0 Å². The summed E-state index contributed by atoms with van der Waals surface area (Å²) in [6, 6.07) is 30.4. The van der Waals surface area contributed by atoms with E-state index >= 15 is 0 Å². The van der Waals surface area contributed by atoms with E-state index in [1.54, 1.807) is 5.56 Å². The molecule has 2 radical (unpaired) electrons. The van der Waals surface area contributed by atoms with E-state index < -0.39 is 8.80 Å². The Bertz CT molecular complexity index is 1140. The van der Waals surface area contributed by atoms with E-state index in [2.05, 4.69) is 110 Å². The van der Waals surface area contributed by atoms with Crippen LogP contribution in [0.25, 0.3) is 12.2 Å². The molecule has 1 aliphatic heterocycles. The maximum atomic E-state index is 2.71. The van der Waals surface area contributed by atoms with Crippen LogP contribution in [0.4, 0.5) is 0 Å². The molecule has 6 rings (SSSR count). The van der Waals surface area contributed by atoms with Gasteiger partial charge in [0, 0.05) is 20.6 Å². The number of benzene rings is 3. The van der Waals surface area contributed by atoms with Crippen LogP contribution in [0, 0.1) is 6.42 Å². The summed E-state index contributed by atoms with van der Waals surface area (Å²) in [6.45, 7) is 0. The Labute approximate surface area is 237 Å². The molecule has 0 saturated carbocycles. The van der Waals surface area contributed by atoms with Gasteiger partial charge in [0.15, 0.2) is 0 Å². The number of halogens is 2. The van der Waals surface area contributed by atoms with Crippen molar-refractivity contribution in [2.24, 2.45) is 0 Å². The zero-order chi connectivity index (χ0) is 20.6. The first-order valence-corrected chi connectivity index (χ1v) is 13.5. The third kappa shape index (κ3) is 5.46. The molecule has 3 aliphatic rings. The first-order valence-electron chi connectivity index (χ1n) is 11.7. The number of hydrogen-bond donors (Lipinski definition) is 0. The molecule has 4 atom stereocenters. The zero-order valence-corrected chi connectivity index (χ0v) is 24.0. The predicted molar refractivity (Wildman–Crippen MR) is 133 cm³/mol. The van der Waals surface area contributed by atoms with Crippen LogP contribution in [0.15, 0.2) is 91.0 Å². The molecular weight excluding hydrogens is 551 g/mol. The summed E-state index contributed by atoms with van der Waals surface area (Å²) in [5.74, 6) is 1.23. The summed E-state index contributed by atoms with van der Waals surface area (Å²) < 4.78 is 0. The van der Waals surface area contributed by atoms with Gasteiger partial charge in [-0.3, -0.25) is 0 Å². The number of rotatable bonds is 7. The summed E-state index contributed by atoms with van der Waals surface area (Å²) in [4.78, 5) is 0. The van der Waals surface area contributed by atoms with E-state index in [4.69, 9.17) is 0 Å². The van der Waals surface area contributed by atoms with Crippen molar-refractivity contribution in [3.05, 3.63) is 125 Å². The third-order valence-electron chi connectivity index (χ3n) is 7.41. The van der Waals surface area contributed by atoms with Crippen molar-refractivity contribution < 1.29 is 51.0 Å². The smallest absolute Gasteiger partial charge is 1.00 e. The SMILES string of the molecule is C1=CC(CC[CH-]C2C(C3C=Cc4ccccc43)[Si]2Cc2ccccc2)c2ccccc21.[Cl-].[Cl-].[Zr+3]. The number of allylic oxidation sites excluding steroid dienone is 2. The van der Waals surface area contributed by atoms with Crippen LogP contribution in [-0.2, 0) is 32.2 Å². The van der Waals surface area contributed by atoms with E-state index in [1.807, 2.05) is 0 Å². The van der Waals surface area contributed by atoms with Gasteiger partial charge in [0.1, 0.15) is 0 Å². The van der Waals surface area contributed by atoms with Crippen LogP contribution in [0.1, 0.15) is 52.5 Å². The van der Waals surface area contributed by atoms with Crippen molar-refractivity contribution in [3.63, 3.8) is 0 Å². The summed E-state index contributed by atoms with van der Waals surface area (Å²) >= 11 is 0. The summed E-state index contributed by atoms with van der Waals surface area (Å²) in [5.41, 5.74) is 9.13. The van der Waals surface area contributed by atoms with Gasteiger partial charge in [0.25, 0.3) is 0 Å². The van der Waals surface area contributed by atoms with E-state index in [0.29, 0.717) is 11.8 Å². The quantitative estimate of drug-likeness (QED) is 0.296. The number of hydrogen-bond acceptors (Lipinski definition) is 0. The molecule has 3 aromatic rings. The molecule has 3 aromatic carbocycles. The number of fused-ring (bicyclic) bond motifs is 2. The normalized spacial score (nSPS) is 23.3. The molecule has 2 aliphatic carbocycles. The van der Waals surface area contributed by atoms with Crippen LogP contribution in [0.3, 0.4) is 0 Å². The van der Waals surface area contributed by atoms with Gasteiger partial charge in [0.05, 0.1) is 0 Å². The van der Waals surface area contributed by atoms with Crippen LogP contribution in [0.5, 0.6) is 0 Å². The van der Waals surface area contributed by atoms with Gasteiger partial charge < -0.3 is 31.2 Å². The predicted octanol–water partition coefficient (Wildman–Crippen LogP) is 1.63. The van der Waals surface area contributed by atoms with E-state index in [9.17, 15) is 0 Å². The van der Waals surface area contributed by atoms with Crippen molar-refractivity contribution >= 4 is 20.9 Å². The molecule has 0 nitrogen and oxygen atoms in total. The molecule has 1 heterocycles.